The summed E-state index contributed by atoms with van der Waals surface area (Å²) in [6.45, 7) is -3.83. The van der Waals surface area contributed by atoms with Crippen LogP contribution in [0.25, 0.3) is 0 Å². The molecule has 0 heterocycles. The minimum atomic E-state index is -3.51. The van der Waals surface area contributed by atoms with E-state index in [1.807, 2.05) is 12.2 Å². The van der Waals surface area contributed by atoms with Gasteiger partial charge in [0.1, 0.15) is 6.10 Å². The summed E-state index contributed by atoms with van der Waals surface area (Å²) in [5, 5.41) is 18.2. The number of ether oxygens (including phenoxy) is 2. The molecule has 1 aliphatic carbocycles. The van der Waals surface area contributed by atoms with E-state index >= 15 is 0 Å². The van der Waals surface area contributed by atoms with Gasteiger partial charge in [0.25, 0.3) is 0 Å². The molecule has 0 amide bonds. The van der Waals surface area contributed by atoms with E-state index in [-0.39, 0.29) is 32.4 Å². The van der Waals surface area contributed by atoms with Gasteiger partial charge in [0.15, 0.2) is 0 Å². The lowest BCUT2D eigenvalue weighted by Crippen LogP contribution is -2.22. The molecular formula is C18H31O8PS. The lowest BCUT2D eigenvalue weighted by Gasteiger charge is -2.22. The number of methoxy groups -OCH3 is 1. The smallest absolute Gasteiger partial charge is 0.389 e. The number of carbonyl (C=O) groups excluding carboxylic acids is 1. The van der Waals surface area contributed by atoms with Crippen LogP contribution in [-0.2, 0) is 27.9 Å². The molecule has 2 N–H and O–H groups in total. The molecule has 0 saturated carbocycles. The fourth-order valence-corrected chi connectivity index (χ4v) is 5.91. The van der Waals surface area contributed by atoms with Gasteiger partial charge >= 0.3 is 12.8 Å². The van der Waals surface area contributed by atoms with Crippen molar-refractivity contribution in [3.8, 4) is 0 Å². The van der Waals surface area contributed by atoms with Crippen LogP contribution in [0.4, 0.5) is 0 Å². The Balaban J connectivity index is 2.25. The first-order valence-corrected chi connectivity index (χ1v) is 12.5. The second-order valence-corrected chi connectivity index (χ2v) is 10.2. The quantitative estimate of drug-likeness (QED) is 0.213. The average Bonchev–Trinajstić information content (AvgIpc) is 2.71. The van der Waals surface area contributed by atoms with Crippen LogP contribution in [0.1, 0.15) is 32.1 Å². The van der Waals surface area contributed by atoms with Crippen molar-refractivity contribution in [2.24, 2.45) is 0 Å². The molecule has 28 heavy (non-hydrogen) atoms. The van der Waals surface area contributed by atoms with E-state index < -0.39 is 12.9 Å². The summed E-state index contributed by atoms with van der Waals surface area (Å²) in [7, 11) is 1.45. The van der Waals surface area contributed by atoms with Crippen molar-refractivity contribution in [3.63, 3.8) is 0 Å². The van der Waals surface area contributed by atoms with Crippen LogP contribution in [0, 0.1) is 0 Å². The van der Waals surface area contributed by atoms with E-state index in [4.69, 9.17) is 23.6 Å². The fourth-order valence-electron chi connectivity index (χ4n) is 2.31. The summed E-state index contributed by atoms with van der Waals surface area (Å²) in [5.41, 5.74) is 0.607. The van der Waals surface area contributed by atoms with Crippen molar-refractivity contribution in [2.75, 3.05) is 45.9 Å². The predicted octanol–water partition coefficient (Wildman–Crippen LogP) is 2.85. The average molecular weight is 438 g/mol. The SMILES string of the molecule is COCC(CO)OP(=O)(OCCO)SCCCCCOC(=O)C1=CCCC=C1. The molecule has 8 nitrogen and oxygen atoms in total. The molecule has 0 saturated heterocycles. The predicted molar refractivity (Wildman–Crippen MR) is 108 cm³/mol. The summed E-state index contributed by atoms with van der Waals surface area (Å²) < 4.78 is 33.4. The highest BCUT2D eigenvalue weighted by Gasteiger charge is 2.29. The van der Waals surface area contributed by atoms with Gasteiger partial charge in [-0.2, -0.15) is 0 Å². The summed E-state index contributed by atoms with van der Waals surface area (Å²) in [6, 6.07) is 0. The summed E-state index contributed by atoms with van der Waals surface area (Å²) in [5.74, 6) is 0.212. The van der Waals surface area contributed by atoms with Gasteiger partial charge in [-0.3, -0.25) is 9.05 Å². The van der Waals surface area contributed by atoms with Gasteiger partial charge in [-0.1, -0.05) is 18.2 Å². The third-order valence-corrected chi connectivity index (χ3v) is 7.59. The van der Waals surface area contributed by atoms with E-state index in [2.05, 4.69) is 0 Å². The number of carbonyl (C=O) groups is 1. The Bertz CT molecular complexity index is 552. The summed E-state index contributed by atoms with van der Waals surface area (Å²) >= 11 is 1.03. The third kappa shape index (κ3) is 10.8. The molecule has 0 bridgehead atoms. The van der Waals surface area contributed by atoms with Crippen LogP contribution in [0.2, 0.25) is 0 Å². The highest BCUT2D eigenvalue weighted by molar-refractivity contribution is 8.55. The molecule has 10 heteroatoms. The minimum absolute atomic E-state index is 0.0839. The van der Waals surface area contributed by atoms with Gasteiger partial charge in [0.05, 0.1) is 38.6 Å². The normalized spacial score (nSPS) is 17.0. The largest absolute Gasteiger partial charge is 0.462 e. The van der Waals surface area contributed by atoms with E-state index in [1.54, 1.807) is 6.08 Å². The maximum atomic E-state index is 12.7. The Morgan fingerprint density at radius 2 is 2.07 bits per heavy atom. The first kappa shape index (κ1) is 25.4. The monoisotopic (exact) mass is 438 g/mol. The fraction of sp³-hybridized carbons (Fsp3) is 0.722. The van der Waals surface area contributed by atoms with Crippen LogP contribution in [-0.4, -0.2) is 68.2 Å². The maximum absolute atomic E-state index is 12.7. The van der Waals surface area contributed by atoms with E-state index in [1.165, 1.54) is 7.11 Å². The Morgan fingerprint density at radius 3 is 2.71 bits per heavy atom. The van der Waals surface area contributed by atoms with Gasteiger partial charge in [0.2, 0.25) is 0 Å². The number of esters is 1. The Morgan fingerprint density at radius 1 is 1.25 bits per heavy atom. The van der Waals surface area contributed by atoms with Crippen LogP contribution in [0.15, 0.2) is 23.8 Å². The van der Waals surface area contributed by atoms with E-state index in [0.717, 1.165) is 37.1 Å². The van der Waals surface area contributed by atoms with Crippen LogP contribution >= 0.6 is 18.2 Å². The van der Waals surface area contributed by atoms with Crippen molar-refractivity contribution in [3.05, 3.63) is 23.8 Å². The number of aliphatic hydroxyl groups is 2. The molecule has 1 rings (SSSR count). The summed E-state index contributed by atoms with van der Waals surface area (Å²) in [4.78, 5) is 11.8. The maximum Gasteiger partial charge on any atom is 0.389 e. The van der Waals surface area contributed by atoms with E-state index in [9.17, 15) is 14.5 Å². The number of hydrogen-bond donors (Lipinski definition) is 2. The number of rotatable bonds is 16. The second-order valence-electron chi connectivity index (χ2n) is 6.04. The van der Waals surface area contributed by atoms with Gasteiger partial charge in [-0.15, -0.1) is 0 Å². The molecule has 0 aromatic heterocycles. The van der Waals surface area contributed by atoms with Gasteiger partial charge in [-0.05, 0) is 43.5 Å². The molecule has 1 aliphatic rings. The number of aliphatic hydroxyl groups excluding tert-OH is 2. The molecule has 2 atom stereocenters. The molecule has 0 spiro atoms. The molecule has 0 aromatic rings. The van der Waals surface area contributed by atoms with E-state index in [0.29, 0.717) is 24.4 Å². The lowest BCUT2D eigenvalue weighted by molar-refractivity contribution is -0.138. The van der Waals surface area contributed by atoms with Crippen LogP contribution < -0.4 is 0 Å². The molecule has 0 fully saturated rings. The zero-order valence-electron chi connectivity index (χ0n) is 16.3. The van der Waals surface area contributed by atoms with Crippen molar-refractivity contribution in [1.29, 1.82) is 0 Å². The Labute approximate surface area is 170 Å². The molecule has 0 aliphatic heterocycles. The first-order chi connectivity index (χ1) is 13.5. The zero-order valence-corrected chi connectivity index (χ0v) is 18.0. The summed E-state index contributed by atoms with van der Waals surface area (Å²) in [6.07, 6.45) is 8.90. The number of unbranched alkanes of at least 4 members (excludes halogenated alkanes) is 2. The topological polar surface area (TPSA) is 112 Å². The third-order valence-electron chi connectivity index (χ3n) is 3.68. The molecule has 0 aromatic carbocycles. The standard InChI is InChI=1S/C18H31O8PS/c1-23-15-17(14-20)26-27(22,25-12-10-19)28-13-7-3-6-11-24-18(21)16-8-4-2-5-9-16/h4,8-9,17,19-20H,2-3,5-7,10-15H2,1H3. The highest BCUT2D eigenvalue weighted by atomic mass is 32.7. The zero-order chi connectivity index (χ0) is 20.7. The number of allylic oxidation sites excluding steroid dienone is 2. The van der Waals surface area contributed by atoms with Crippen molar-refractivity contribution in [2.45, 2.75) is 38.2 Å². The first-order valence-electron chi connectivity index (χ1n) is 9.36. The second kappa shape index (κ2) is 15.2. The molecule has 162 valence electrons. The molecule has 2 unspecified atom stereocenters. The Kier molecular flexibility index (Phi) is 13.8. The van der Waals surface area contributed by atoms with Crippen molar-refractivity contribution in [1.82, 2.24) is 0 Å². The van der Waals surface area contributed by atoms with Crippen molar-refractivity contribution < 1.29 is 38.1 Å². The van der Waals surface area contributed by atoms with Gasteiger partial charge in [-0.25, -0.2) is 9.36 Å². The van der Waals surface area contributed by atoms with Crippen molar-refractivity contribution >= 4 is 24.1 Å². The lowest BCUT2D eigenvalue weighted by atomic mass is 10.1. The van der Waals surface area contributed by atoms with Gasteiger partial charge in [0, 0.05) is 12.9 Å². The highest BCUT2D eigenvalue weighted by Crippen LogP contribution is 2.61. The molecular weight excluding hydrogens is 407 g/mol. The minimum Gasteiger partial charge on any atom is -0.462 e. The van der Waals surface area contributed by atoms with Crippen LogP contribution in [0.3, 0.4) is 0 Å². The molecule has 0 radical (unpaired) electrons. The number of hydrogen-bond acceptors (Lipinski definition) is 9. The van der Waals surface area contributed by atoms with Gasteiger partial charge < -0.3 is 19.7 Å². The van der Waals surface area contributed by atoms with Crippen LogP contribution in [0.5, 0.6) is 0 Å². The Hall–Kier alpha value is -0.670.